The van der Waals surface area contributed by atoms with Crippen LogP contribution >= 0.6 is 7.82 Å². The lowest BCUT2D eigenvalue weighted by atomic mass is 10.1. The Morgan fingerprint density at radius 1 is 0.388 bits per heavy atom. The van der Waals surface area contributed by atoms with Crippen LogP contribution in [0.25, 0.3) is 0 Å². The van der Waals surface area contributed by atoms with E-state index in [-0.39, 0.29) is 26.1 Å². The van der Waals surface area contributed by atoms with Gasteiger partial charge in [-0.15, -0.1) is 0 Å². The molecule has 0 N–H and O–H groups in total. The molecule has 450 valence electrons. The van der Waals surface area contributed by atoms with Crippen LogP contribution in [0.2, 0.25) is 0 Å². The van der Waals surface area contributed by atoms with Gasteiger partial charge in [0.05, 0.1) is 27.7 Å². The van der Waals surface area contributed by atoms with Crippen molar-refractivity contribution in [3.05, 3.63) is 170 Å². The summed E-state index contributed by atoms with van der Waals surface area (Å²) in [5.41, 5.74) is 0. The number of quaternary nitrogens is 1. The highest BCUT2D eigenvalue weighted by Crippen LogP contribution is 2.38. The van der Waals surface area contributed by atoms with Crippen LogP contribution in [0, 0.1) is 0 Å². The number of allylic oxidation sites excluding steroid dienone is 28. The van der Waals surface area contributed by atoms with Gasteiger partial charge in [-0.25, -0.2) is 0 Å². The number of hydrogen-bond acceptors (Lipinski definition) is 8. The van der Waals surface area contributed by atoms with E-state index in [0.29, 0.717) is 23.9 Å². The number of phosphoric acid groups is 1. The predicted octanol–water partition coefficient (Wildman–Crippen LogP) is 19.2. The SMILES string of the molecule is CC/C=C\C/C=C\C/C=C\C/C=C\C/C=C\C/C=C\C/C=C\C/C=C\C/C=C\C/C=C\C/C=C\CCCCCCCCCC(=O)OC(COC(=O)CCCCCCC/C=C\C/C=C\C/C=C\CC)COP(=O)([O-])OCC[N+](C)(C)C. The molecule has 0 saturated heterocycles. The van der Waals surface area contributed by atoms with Gasteiger partial charge in [-0.2, -0.15) is 0 Å². The molecule has 80 heavy (non-hydrogen) atoms. The van der Waals surface area contributed by atoms with Gasteiger partial charge >= 0.3 is 11.9 Å². The van der Waals surface area contributed by atoms with E-state index in [0.717, 1.165) is 154 Å². The first-order valence-corrected chi connectivity index (χ1v) is 32.3. The van der Waals surface area contributed by atoms with E-state index in [4.69, 9.17) is 18.5 Å². The van der Waals surface area contributed by atoms with E-state index in [9.17, 15) is 19.0 Å². The molecule has 0 radical (unpaired) electrons. The number of phosphoric ester groups is 1. The minimum Gasteiger partial charge on any atom is -0.756 e. The minimum absolute atomic E-state index is 0.0454. The predicted molar refractivity (Wildman–Crippen MR) is 341 cm³/mol. The molecule has 0 saturated carbocycles. The maximum absolute atomic E-state index is 12.8. The molecule has 0 aliphatic heterocycles. The molecule has 0 amide bonds. The average molecular weight is 1130 g/mol. The summed E-state index contributed by atoms with van der Waals surface area (Å²) in [4.78, 5) is 37.8. The summed E-state index contributed by atoms with van der Waals surface area (Å²) in [7, 11) is 1.12. The summed E-state index contributed by atoms with van der Waals surface area (Å²) in [5, 5.41) is 0. The van der Waals surface area contributed by atoms with E-state index in [1.165, 1.54) is 12.8 Å². The molecule has 2 unspecified atom stereocenters. The monoisotopic (exact) mass is 1130 g/mol. The van der Waals surface area contributed by atoms with Crippen molar-refractivity contribution in [2.75, 3.05) is 47.5 Å². The molecule has 9 nitrogen and oxygen atoms in total. The minimum atomic E-state index is -4.65. The smallest absolute Gasteiger partial charge is 0.306 e. The van der Waals surface area contributed by atoms with Crippen molar-refractivity contribution in [3.63, 3.8) is 0 Å². The number of carbonyl (C=O) groups is 2. The molecule has 0 bridgehead atoms. The molecule has 0 aliphatic carbocycles. The maximum atomic E-state index is 12.8. The number of esters is 2. The molecule has 0 aromatic carbocycles. The first-order valence-electron chi connectivity index (χ1n) is 30.8. The van der Waals surface area contributed by atoms with Crippen LogP contribution in [-0.4, -0.2) is 70.0 Å². The molecule has 0 aliphatic rings. The van der Waals surface area contributed by atoms with Crippen LogP contribution in [0.15, 0.2) is 170 Å². The molecule has 10 heteroatoms. The lowest BCUT2D eigenvalue weighted by Gasteiger charge is -2.28. The maximum Gasteiger partial charge on any atom is 0.306 e. The second kappa shape index (κ2) is 59.0. The van der Waals surface area contributed by atoms with Crippen LogP contribution in [0.3, 0.4) is 0 Å². The van der Waals surface area contributed by atoms with Crippen molar-refractivity contribution in [3.8, 4) is 0 Å². The highest BCUT2D eigenvalue weighted by Gasteiger charge is 2.21. The summed E-state index contributed by atoms with van der Waals surface area (Å²) < 4.78 is 34.1. The highest BCUT2D eigenvalue weighted by molar-refractivity contribution is 7.45. The van der Waals surface area contributed by atoms with Gasteiger partial charge in [0.1, 0.15) is 19.8 Å². The molecular formula is C70H112NO8P. The third-order valence-electron chi connectivity index (χ3n) is 12.2. The Hall–Kier alpha value is -4.63. The number of rotatable bonds is 54. The summed E-state index contributed by atoms with van der Waals surface area (Å²) in [6.07, 6.45) is 89.9. The summed E-state index contributed by atoms with van der Waals surface area (Å²) in [6, 6.07) is 0. The zero-order valence-electron chi connectivity index (χ0n) is 50.9. The lowest BCUT2D eigenvalue weighted by molar-refractivity contribution is -0.870. The van der Waals surface area contributed by atoms with Crippen LogP contribution in [0.5, 0.6) is 0 Å². The van der Waals surface area contributed by atoms with Gasteiger partial charge in [0.2, 0.25) is 0 Å². The lowest BCUT2D eigenvalue weighted by Crippen LogP contribution is -2.37. The first kappa shape index (κ1) is 75.4. The third-order valence-corrected chi connectivity index (χ3v) is 13.2. The standard InChI is InChI=1S/C70H112NO8P/c1-6-8-10-12-14-16-18-20-22-23-24-25-26-27-28-29-30-31-32-33-34-35-36-37-38-39-40-41-42-43-44-45-46-47-49-51-53-55-57-59-61-63-70(73)79-68(67-78-80(74,75)77-65-64-71(3,4)5)66-76-69(72)62-60-58-56-54-52-50-48-21-19-17-15-13-11-9-7-2/h8-11,14-17,20-22,24-25,27-28,30-31,33-34,36-37,39-40,42-43,45-46,48,68H,6-7,12-13,18-19,23,26,29,32,35,38,41,44,47,49-67H2,1-5H3/b10-8-,11-9-,16-14-,17-15-,22-20-,25-24-,28-27-,31-30-,34-33-,37-36-,40-39-,43-42-,46-45-,48-21-. The van der Waals surface area contributed by atoms with Gasteiger partial charge < -0.3 is 27.9 Å². The van der Waals surface area contributed by atoms with Gasteiger partial charge in [-0.3, -0.25) is 14.2 Å². The average Bonchev–Trinajstić information content (AvgIpc) is 3.42. The highest BCUT2D eigenvalue weighted by atomic mass is 31.2. The fourth-order valence-electron chi connectivity index (χ4n) is 7.56. The number of unbranched alkanes of at least 4 members (excludes halogenated alkanes) is 12. The number of hydrogen-bond donors (Lipinski definition) is 0. The van der Waals surface area contributed by atoms with Crippen LogP contribution in [0.1, 0.15) is 206 Å². The number of ether oxygens (including phenoxy) is 2. The van der Waals surface area contributed by atoms with Crippen LogP contribution in [0.4, 0.5) is 0 Å². The van der Waals surface area contributed by atoms with E-state index in [1.54, 1.807) is 0 Å². The fourth-order valence-corrected chi connectivity index (χ4v) is 8.28. The summed E-state index contributed by atoms with van der Waals surface area (Å²) in [5.74, 6) is -0.880. The Labute approximate surface area is 489 Å². The number of carbonyl (C=O) groups excluding carboxylic acids is 2. The van der Waals surface area contributed by atoms with Crippen molar-refractivity contribution < 1.29 is 42.1 Å². The molecule has 0 heterocycles. The molecule has 0 aromatic rings. The second-order valence-electron chi connectivity index (χ2n) is 20.9. The van der Waals surface area contributed by atoms with Gasteiger partial charge in [0.25, 0.3) is 7.82 Å². The normalized spacial score (nSPS) is 14.4. The van der Waals surface area contributed by atoms with Crippen LogP contribution < -0.4 is 4.89 Å². The molecule has 0 aromatic heterocycles. The molecule has 2 atom stereocenters. The van der Waals surface area contributed by atoms with Crippen molar-refractivity contribution in [2.45, 2.75) is 213 Å². The van der Waals surface area contributed by atoms with Crippen molar-refractivity contribution in [1.29, 1.82) is 0 Å². The van der Waals surface area contributed by atoms with Crippen molar-refractivity contribution >= 4 is 19.8 Å². The molecule has 0 rings (SSSR count). The van der Waals surface area contributed by atoms with E-state index in [1.807, 2.05) is 21.1 Å². The number of nitrogens with zero attached hydrogens (tertiary/aromatic N) is 1. The number of likely N-dealkylation sites (N-methyl/N-ethyl adjacent to an activating group) is 1. The van der Waals surface area contributed by atoms with E-state index >= 15 is 0 Å². The topological polar surface area (TPSA) is 111 Å². The summed E-state index contributed by atoms with van der Waals surface area (Å²) >= 11 is 0. The Kier molecular flexibility index (Phi) is 55.6. The Balaban J connectivity index is 4.16. The van der Waals surface area contributed by atoms with Crippen molar-refractivity contribution in [2.24, 2.45) is 0 Å². The molecule has 0 fully saturated rings. The quantitative estimate of drug-likeness (QED) is 0.0195. The van der Waals surface area contributed by atoms with Gasteiger partial charge in [-0.1, -0.05) is 235 Å². The third kappa shape index (κ3) is 62.6. The van der Waals surface area contributed by atoms with Crippen LogP contribution in [-0.2, 0) is 32.7 Å². The van der Waals surface area contributed by atoms with E-state index in [2.05, 4.69) is 184 Å². The Morgan fingerprint density at radius 3 is 1.00 bits per heavy atom. The second-order valence-corrected chi connectivity index (χ2v) is 22.4. The molecular weight excluding hydrogens is 1010 g/mol. The van der Waals surface area contributed by atoms with Gasteiger partial charge in [0, 0.05) is 12.8 Å². The fraction of sp³-hybridized carbons (Fsp3) is 0.571. The molecule has 0 spiro atoms. The zero-order valence-corrected chi connectivity index (χ0v) is 51.8. The summed E-state index contributed by atoms with van der Waals surface area (Å²) in [6.45, 7) is 3.94. The zero-order chi connectivity index (χ0) is 58.4. The van der Waals surface area contributed by atoms with Crippen molar-refractivity contribution in [1.82, 2.24) is 0 Å². The largest absolute Gasteiger partial charge is 0.756 e. The Bertz CT molecular complexity index is 1950. The Morgan fingerprint density at radius 2 is 0.675 bits per heavy atom. The first-order chi connectivity index (χ1) is 39.0. The van der Waals surface area contributed by atoms with Gasteiger partial charge in [0.15, 0.2) is 6.10 Å². The van der Waals surface area contributed by atoms with Gasteiger partial charge in [-0.05, 0) is 128 Å². The van der Waals surface area contributed by atoms with E-state index < -0.39 is 32.5 Å².